The molecule has 0 radical (unpaired) electrons. The number of hydrogen-bond donors (Lipinski definition) is 4. The molecule has 0 aromatic rings. The Bertz CT molecular complexity index is 524. The van der Waals surface area contributed by atoms with Crippen molar-refractivity contribution < 1.29 is 14.4 Å². The summed E-state index contributed by atoms with van der Waals surface area (Å²) >= 11 is 0. The van der Waals surface area contributed by atoms with Gasteiger partial charge in [-0.25, -0.2) is 4.79 Å². The van der Waals surface area contributed by atoms with Crippen LogP contribution in [-0.2, 0) is 9.59 Å². The summed E-state index contributed by atoms with van der Waals surface area (Å²) in [5, 5.41) is 8.86. The van der Waals surface area contributed by atoms with E-state index in [2.05, 4.69) is 16.0 Å². The van der Waals surface area contributed by atoms with Gasteiger partial charge < -0.3 is 21.7 Å². The molecule has 1 unspecified atom stereocenters. The first-order chi connectivity index (χ1) is 12.7. The van der Waals surface area contributed by atoms with E-state index in [1.54, 1.807) is 0 Å². The molecule has 2 atom stereocenters. The van der Waals surface area contributed by atoms with E-state index in [0.29, 0.717) is 19.4 Å². The number of nitrogens with one attached hydrogen (secondary N) is 3. The number of Topliss-reactive ketones (excluding diaryl/α,β-unsaturated/α-hetero) is 1. The number of carbonyl (C=O) groups excluding carboxylic acids is 3. The molecule has 0 saturated heterocycles. The SMILES string of the molecule is CCCC(C)(C)C(=O)[C@H](CCCNC(N)=O)NC(=O)C(NC(C)(C)C)C(C)C. The van der Waals surface area contributed by atoms with E-state index in [4.69, 9.17) is 5.73 Å². The Morgan fingerprint density at radius 2 is 1.61 bits per heavy atom. The second kappa shape index (κ2) is 11.4. The molecule has 0 spiro atoms. The molecule has 7 heteroatoms. The van der Waals surface area contributed by atoms with Crippen LogP contribution in [0.5, 0.6) is 0 Å². The highest BCUT2D eigenvalue weighted by Crippen LogP contribution is 2.26. The summed E-state index contributed by atoms with van der Waals surface area (Å²) in [6.07, 6.45) is 2.66. The zero-order valence-electron chi connectivity index (χ0n) is 19.1. The van der Waals surface area contributed by atoms with Crippen LogP contribution in [0.25, 0.3) is 0 Å². The Morgan fingerprint density at radius 1 is 1.04 bits per heavy atom. The zero-order valence-corrected chi connectivity index (χ0v) is 19.1. The van der Waals surface area contributed by atoms with Crippen LogP contribution in [0, 0.1) is 11.3 Å². The van der Waals surface area contributed by atoms with Gasteiger partial charge in [0.05, 0.1) is 12.1 Å². The summed E-state index contributed by atoms with van der Waals surface area (Å²) < 4.78 is 0. The predicted octanol–water partition coefficient (Wildman–Crippen LogP) is 2.73. The first-order valence-electron chi connectivity index (χ1n) is 10.4. The van der Waals surface area contributed by atoms with E-state index in [0.717, 1.165) is 12.8 Å². The number of nitrogens with two attached hydrogens (primary N) is 1. The van der Waals surface area contributed by atoms with E-state index in [1.807, 2.05) is 55.4 Å². The van der Waals surface area contributed by atoms with Crippen molar-refractivity contribution in [2.45, 2.75) is 98.7 Å². The number of urea groups is 1. The predicted molar refractivity (Wildman–Crippen MR) is 114 cm³/mol. The minimum absolute atomic E-state index is 0.0278. The number of rotatable bonds is 12. The molecule has 0 aromatic heterocycles. The molecule has 7 nitrogen and oxygen atoms in total. The van der Waals surface area contributed by atoms with Crippen LogP contribution in [0.4, 0.5) is 4.79 Å². The smallest absolute Gasteiger partial charge is 0.312 e. The topological polar surface area (TPSA) is 113 Å². The molecule has 3 amide bonds. The van der Waals surface area contributed by atoms with E-state index in [9.17, 15) is 14.4 Å². The summed E-state index contributed by atoms with van der Waals surface area (Å²) in [7, 11) is 0. The zero-order chi connectivity index (χ0) is 22.1. The molecule has 0 fully saturated rings. The number of hydrogen-bond acceptors (Lipinski definition) is 4. The Kier molecular flexibility index (Phi) is 10.7. The summed E-state index contributed by atoms with van der Waals surface area (Å²) in [4.78, 5) is 37.0. The van der Waals surface area contributed by atoms with Gasteiger partial charge in [0, 0.05) is 17.5 Å². The van der Waals surface area contributed by atoms with E-state index >= 15 is 0 Å². The van der Waals surface area contributed by atoms with Crippen LogP contribution < -0.4 is 21.7 Å². The van der Waals surface area contributed by atoms with Gasteiger partial charge in [-0.1, -0.05) is 41.0 Å². The highest BCUT2D eigenvalue weighted by atomic mass is 16.2. The van der Waals surface area contributed by atoms with Crippen molar-refractivity contribution >= 4 is 17.7 Å². The third kappa shape index (κ3) is 10.1. The van der Waals surface area contributed by atoms with Gasteiger partial charge in [0.25, 0.3) is 0 Å². The maximum Gasteiger partial charge on any atom is 0.312 e. The first kappa shape index (κ1) is 26.4. The molecule has 0 aliphatic rings. The van der Waals surface area contributed by atoms with Crippen molar-refractivity contribution in [3.8, 4) is 0 Å². The molecule has 0 heterocycles. The first-order valence-corrected chi connectivity index (χ1v) is 10.4. The Morgan fingerprint density at radius 3 is 2.04 bits per heavy atom. The minimum Gasteiger partial charge on any atom is -0.352 e. The molecular formula is C21H42N4O3. The van der Waals surface area contributed by atoms with Gasteiger partial charge in [-0.15, -0.1) is 0 Å². The van der Waals surface area contributed by atoms with Crippen molar-refractivity contribution in [2.75, 3.05) is 6.54 Å². The lowest BCUT2D eigenvalue weighted by molar-refractivity contribution is -0.134. The average Bonchev–Trinajstić information content (AvgIpc) is 2.53. The van der Waals surface area contributed by atoms with Gasteiger partial charge in [0.2, 0.25) is 5.91 Å². The molecule has 0 saturated carbocycles. The molecule has 0 aromatic carbocycles. The fourth-order valence-corrected chi connectivity index (χ4v) is 3.27. The second-order valence-electron chi connectivity index (χ2n) is 9.61. The highest BCUT2D eigenvalue weighted by molar-refractivity contribution is 5.93. The van der Waals surface area contributed by atoms with Gasteiger partial charge in [-0.3, -0.25) is 9.59 Å². The standard InChI is InChI=1S/C21H42N4O3/c1-9-12-21(7,8)17(26)15(11-10-13-23-19(22)28)24-18(27)16(14(2)3)25-20(4,5)6/h14-16,25H,9-13H2,1-8H3,(H,24,27)(H3,22,23,28)/t15-,16?/m0/s1. The molecule has 0 aliphatic carbocycles. The Hall–Kier alpha value is -1.63. The summed E-state index contributed by atoms with van der Waals surface area (Å²) in [6.45, 7) is 16.3. The largest absolute Gasteiger partial charge is 0.352 e. The maximum atomic E-state index is 13.1. The minimum atomic E-state index is -0.591. The third-order valence-electron chi connectivity index (χ3n) is 4.68. The number of carbonyl (C=O) groups is 3. The molecule has 28 heavy (non-hydrogen) atoms. The Balaban J connectivity index is 5.33. The number of ketones is 1. The lowest BCUT2D eigenvalue weighted by Crippen LogP contribution is -2.57. The molecule has 164 valence electrons. The summed E-state index contributed by atoms with van der Waals surface area (Å²) in [6, 6.07) is -1.58. The van der Waals surface area contributed by atoms with Gasteiger partial charge >= 0.3 is 6.03 Å². The van der Waals surface area contributed by atoms with E-state index in [-0.39, 0.29) is 23.1 Å². The average molecular weight is 399 g/mol. The molecule has 5 N–H and O–H groups in total. The van der Waals surface area contributed by atoms with E-state index in [1.165, 1.54) is 0 Å². The molecule has 0 aliphatic heterocycles. The fourth-order valence-electron chi connectivity index (χ4n) is 3.27. The van der Waals surface area contributed by atoms with Gasteiger partial charge in [-0.2, -0.15) is 0 Å². The lowest BCUT2D eigenvalue weighted by atomic mass is 9.79. The molecular weight excluding hydrogens is 356 g/mol. The van der Waals surface area contributed by atoms with Crippen molar-refractivity contribution in [2.24, 2.45) is 17.1 Å². The third-order valence-corrected chi connectivity index (χ3v) is 4.68. The number of amides is 3. The maximum absolute atomic E-state index is 13.1. The fraction of sp³-hybridized carbons (Fsp3) is 0.857. The van der Waals surface area contributed by atoms with Crippen LogP contribution in [0.3, 0.4) is 0 Å². The van der Waals surface area contributed by atoms with Crippen LogP contribution in [0.1, 0.15) is 81.1 Å². The van der Waals surface area contributed by atoms with Crippen molar-refractivity contribution in [3.05, 3.63) is 0 Å². The molecule has 0 rings (SSSR count). The van der Waals surface area contributed by atoms with E-state index < -0.39 is 23.5 Å². The monoisotopic (exact) mass is 398 g/mol. The van der Waals surface area contributed by atoms with Crippen molar-refractivity contribution in [1.82, 2.24) is 16.0 Å². The van der Waals surface area contributed by atoms with Crippen molar-refractivity contribution in [1.29, 1.82) is 0 Å². The van der Waals surface area contributed by atoms with Crippen LogP contribution >= 0.6 is 0 Å². The van der Waals surface area contributed by atoms with Crippen LogP contribution in [0.2, 0.25) is 0 Å². The highest BCUT2D eigenvalue weighted by Gasteiger charge is 2.35. The summed E-state index contributed by atoms with van der Waals surface area (Å²) in [5.41, 5.74) is 4.35. The quantitative estimate of drug-likeness (QED) is 0.379. The van der Waals surface area contributed by atoms with Gasteiger partial charge in [-0.05, 0) is 46.0 Å². The van der Waals surface area contributed by atoms with Gasteiger partial charge in [0.1, 0.15) is 0 Å². The van der Waals surface area contributed by atoms with Crippen molar-refractivity contribution in [3.63, 3.8) is 0 Å². The number of primary amides is 1. The normalized spacial score (nSPS) is 14.5. The molecule has 0 bridgehead atoms. The Labute approximate surface area is 171 Å². The van der Waals surface area contributed by atoms with Gasteiger partial charge in [0.15, 0.2) is 5.78 Å². The second-order valence-corrected chi connectivity index (χ2v) is 9.61. The lowest BCUT2D eigenvalue weighted by Gasteiger charge is -2.33. The van der Waals surface area contributed by atoms with Crippen LogP contribution in [0.15, 0.2) is 0 Å². The van der Waals surface area contributed by atoms with Crippen LogP contribution in [-0.4, -0.2) is 41.9 Å². The summed E-state index contributed by atoms with van der Waals surface area (Å²) in [5.74, 6) is -0.0615.